The second kappa shape index (κ2) is 4.52. The molecule has 1 N–H and O–H groups in total. The summed E-state index contributed by atoms with van der Waals surface area (Å²) in [6.45, 7) is 8.27. The molecule has 0 heterocycles. The van der Waals surface area contributed by atoms with Crippen molar-refractivity contribution < 1.29 is 5.11 Å². The van der Waals surface area contributed by atoms with Gasteiger partial charge < -0.3 is 5.11 Å². The van der Waals surface area contributed by atoms with Gasteiger partial charge in [0.05, 0.1) is 0 Å². The molecule has 0 aromatic carbocycles. The second-order valence-corrected chi connectivity index (χ2v) is 4.18. The van der Waals surface area contributed by atoms with Crippen LogP contribution < -0.4 is 0 Å². The van der Waals surface area contributed by atoms with Gasteiger partial charge in [-0.05, 0) is 31.6 Å². The van der Waals surface area contributed by atoms with Gasteiger partial charge in [-0.1, -0.05) is 26.7 Å². The van der Waals surface area contributed by atoms with Gasteiger partial charge in [-0.3, -0.25) is 0 Å². The molecule has 1 nitrogen and oxygen atoms in total. The van der Waals surface area contributed by atoms with E-state index >= 15 is 0 Å². The molecule has 0 fully saturated rings. The quantitative estimate of drug-likeness (QED) is 0.639. The molecule has 70 valence electrons. The van der Waals surface area contributed by atoms with Gasteiger partial charge in [0.2, 0.25) is 0 Å². The largest absolute Gasteiger partial charge is 0.378 e. The highest BCUT2D eigenvalue weighted by Gasteiger charge is 2.18. The fourth-order valence-electron chi connectivity index (χ4n) is 0.914. The van der Waals surface area contributed by atoms with Crippen molar-refractivity contribution in [3.63, 3.8) is 0 Å². The molecule has 12 heavy (non-hydrogen) atoms. The molecule has 0 aliphatic carbocycles. The molecule has 0 aromatic rings. The Morgan fingerprint density at radius 1 is 1.42 bits per heavy atom. The monoisotopic (exact) mass is 168 g/mol. The third-order valence-electron chi connectivity index (χ3n) is 2.54. The SMILES string of the molecule is C#C[C@@](C)(O)CC[C@@H](C)C(C)C. The Balaban J connectivity index is 3.77. The van der Waals surface area contributed by atoms with Crippen LogP contribution in [-0.4, -0.2) is 10.7 Å². The molecule has 0 saturated carbocycles. The summed E-state index contributed by atoms with van der Waals surface area (Å²) in [4.78, 5) is 0. The molecule has 0 amide bonds. The van der Waals surface area contributed by atoms with Gasteiger partial charge in [0.15, 0.2) is 0 Å². The average molecular weight is 168 g/mol. The van der Waals surface area contributed by atoms with E-state index in [-0.39, 0.29) is 0 Å². The summed E-state index contributed by atoms with van der Waals surface area (Å²) in [7, 11) is 0. The first-order valence-electron chi connectivity index (χ1n) is 4.59. The van der Waals surface area contributed by atoms with Gasteiger partial charge in [-0.2, -0.15) is 0 Å². The molecule has 0 spiro atoms. The van der Waals surface area contributed by atoms with Crippen LogP contribution in [0.3, 0.4) is 0 Å². The van der Waals surface area contributed by atoms with Crippen LogP contribution in [0.2, 0.25) is 0 Å². The summed E-state index contributed by atoms with van der Waals surface area (Å²) < 4.78 is 0. The fourth-order valence-corrected chi connectivity index (χ4v) is 0.914. The van der Waals surface area contributed by atoms with Crippen molar-refractivity contribution in [1.82, 2.24) is 0 Å². The Morgan fingerprint density at radius 3 is 2.25 bits per heavy atom. The van der Waals surface area contributed by atoms with Crippen molar-refractivity contribution in [1.29, 1.82) is 0 Å². The van der Waals surface area contributed by atoms with Crippen molar-refractivity contribution in [2.45, 2.75) is 46.1 Å². The van der Waals surface area contributed by atoms with E-state index < -0.39 is 5.60 Å². The Labute approximate surface area is 76.2 Å². The average Bonchev–Trinajstić information content (AvgIpc) is 2.00. The van der Waals surface area contributed by atoms with E-state index in [2.05, 4.69) is 26.7 Å². The molecule has 0 aliphatic rings. The lowest BCUT2D eigenvalue weighted by Crippen LogP contribution is -2.22. The number of aliphatic hydroxyl groups is 1. The van der Waals surface area contributed by atoms with Crippen molar-refractivity contribution in [3.05, 3.63) is 0 Å². The minimum atomic E-state index is -0.914. The fraction of sp³-hybridized carbons (Fsp3) is 0.818. The first-order chi connectivity index (χ1) is 5.39. The predicted molar refractivity (Wildman–Crippen MR) is 52.7 cm³/mol. The number of hydrogen-bond acceptors (Lipinski definition) is 1. The van der Waals surface area contributed by atoms with E-state index in [1.807, 2.05) is 0 Å². The Morgan fingerprint density at radius 2 is 1.92 bits per heavy atom. The third-order valence-corrected chi connectivity index (χ3v) is 2.54. The molecule has 0 unspecified atom stereocenters. The minimum Gasteiger partial charge on any atom is -0.378 e. The van der Waals surface area contributed by atoms with Gasteiger partial charge in [0.25, 0.3) is 0 Å². The standard InChI is InChI=1S/C11H20O/c1-6-11(5,12)8-7-10(4)9(2)3/h1,9-10,12H,7-8H2,2-5H3/t10-,11-/m1/s1. The van der Waals surface area contributed by atoms with Gasteiger partial charge in [-0.15, -0.1) is 6.42 Å². The van der Waals surface area contributed by atoms with Crippen LogP contribution in [0.5, 0.6) is 0 Å². The van der Waals surface area contributed by atoms with Crippen LogP contribution in [-0.2, 0) is 0 Å². The van der Waals surface area contributed by atoms with E-state index in [4.69, 9.17) is 6.42 Å². The minimum absolute atomic E-state index is 0.629. The lowest BCUT2D eigenvalue weighted by Gasteiger charge is -2.21. The summed E-state index contributed by atoms with van der Waals surface area (Å²) in [5.74, 6) is 3.69. The zero-order valence-corrected chi connectivity index (χ0v) is 8.59. The highest BCUT2D eigenvalue weighted by Crippen LogP contribution is 2.20. The first kappa shape index (κ1) is 11.5. The topological polar surface area (TPSA) is 20.2 Å². The van der Waals surface area contributed by atoms with Gasteiger partial charge in [-0.25, -0.2) is 0 Å². The van der Waals surface area contributed by atoms with Crippen LogP contribution in [0.4, 0.5) is 0 Å². The normalized spacial score (nSPS) is 18.4. The number of terminal acetylenes is 1. The second-order valence-electron chi connectivity index (χ2n) is 4.18. The zero-order chi connectivity index (χ0) is 9.78. The molecule has 0 aromatic heterocycles. The maximum atomic E-state index is 9.52. The Bertz CT molecular complexity index is 162. The molecule has 0 aliphatic heterocycles. The highest BCUT2D eigenvalue weighted by molar-refractivity contribution is 5.04. The van der Waals surface area contributed by atoms with E-state index in [9.17, 15) is 5.11 Å². The van der Waals surface area contributed by atoms with Crippen molar-refractivity contribution in [3.8, 4) is 12.3 Å². The third kappa shape index (κ3) is 4.41. The molecule has 0 bridgehead atoms. The maximum absolute atomic E-state index is 9.52. The summed E-state index contributed by atoms with van der Waals surface area (Å²) >= 11 is 0. The number of rotatable bonds is 4. The molecular weight excluding hydrogens is 148 g/mol. The van der Waals surface area contributed by atoms with Crippen molar-refractivity contribution in [2.24, 2.45) is 11.8 Å². The van der Waals surface area contributed by atoms with E-state index in [0.29, 0.717) is 18.3 Å². The van der Waals surface area contributed by atoms with E-state index in [1.165, 1.54) is 0 Å². The molecule has 0 radical (unpaired) electrons. The van der Waals surface area contributed by atoms with Gasteiger partial charge in [0, 0.05) is 0 Å². The first-order valence-corrected chi connectivity index (χ1v) is 4.59. The van der Waals surface area contributed by atoms with Crippen molar-refractivity contribution >= 4 is 0 Å². The zero-order valence-electron chi connectivity index (χ0n) is 8.59. The molecule has 2 atom stereocenters. The summed E-state index contributed by atoms with van der Waals surface area (Å²) in [5.41, 5.74) is -0.914. The summed E-state index contributed by atoms with van der Waals surface area (Å²) in [6.07, 6.45) is 6.86. The van der Waals surface area contributed by atoms with Crippen LogP contribution >= 0.6 is 0 Å². The highest BCUT2D eigenvalue weighted by atomic mass is 16.3. The Hall–Kier alpha value is -0.480. The van der Waals surface area contributed by atoms with Crippen LogP contribution in [0.15, 0.2) is 0 Å². The summed E-state index contributed by atoms with van der Waals surface area (Å²) in [6, 6.07) is 0. The van der Waals surface area contributed by atoms with Crippen LogP contribution in [0.1, 0.15) is 40.5 Å². The van der Waals surface area contributed by atoms with Crippen molar-refractivity contribution in [2.75, 3.05) is 0 Å². The smallest absolute Gasteiger partial charge is 0.122 e. The molecule has 1 heteroatoms. The molecule has 0 rings (SSSR count). The Kier molecular flexibility index (Phi) is 4.34. The molecular formula is C11H20O. The summed E-state index contributed by atoms with van der Waals surface area (Å²) in [5, 5.41) is 9.52. The number of hydrogen-bond donors (Lipinski definition) is 1. The maximum Gasteiger partial charge on any atom is 0.122 e. The molecule has 0 saturated heterocycles. The van der Waals surface area contributed by atoms with E-state index in [0.717, 1.165) is 6.42 Å². The van der Waals surface area contributed by atoms with Gasteiger partial charge >= 0.3 is 0 Å². The van der Waals surface area contributed by atoms with Crippen LogP contribution in [0.25, 0.3) is 0 Å². The van der Waals surface area contributed by atoms with Crippen LogP contribution in [0, 0.1) is 24.2 Å². The predicted octanol–water partition coefficient (Wildman–Crippen LogP) is 2.44. The van der Waals surface area contributed by atoms with E-state index in [1.54, 1.807) is 6.92 Å². The lowest BCUT2D eigenvalue weighted by molar-refractivity contribution is 0.101. The van der Waals surface area contributed by atoms with Gasteiger partial charge in [0.1, 0.15) is 5.60 Å². The lowest BCUT2D eigenvalue weighted by atomic mass is 9.89.